The molecule has 0 N–H and O–H groups in total. The normalized spacial score (nSPS) is 11.5. The number of aromatic nitrogens is 2. The van der Waals surface area contributed by atoms with Gasteiger partial charge in [0.15, 0.2) is 0 Å². The van der Waals surface area contributed by atoms with Gasteiger partial charge in [-0.05, 0) is 51.3 Å². The van der Waals surface area contributed by atoms with E-state index in [2.05, 4.69) is 47.3 Å². The summed E-state index contributed by atoms with van der Waals surface area (Å²) >= 11 is 0. The molecule has 2 aromatic heterocycles. The Bertz CT molecular complexity index is 734. The first-order valence-corrected chi connectivity index (χ1v) is 8.69. The molecule has 2 heterocycles. The molecule has 0 aliphatic rings. The van der Waals surface area contributed by atoms with Crippen molar-refractivity contribution in [1.29, 1.82) is 0 Å². The molecule has 1 aromatic carbocycles. The summed E-state index contributed by atoms with van der Waals surface area (Å²) in [6.07, 6.45) is 6.92. The molecule has 0 aliphatic carbocycles. The molecule has 0 saturated heterocycles. The number of hydrogen-bond donors (Lipinski definition) is 0. The lowest BCUT2D eigenvalue weighted by molar-refractivity contribution is 0.222. The molecule has 0 saturated carbocycles. The van der Waals surface area contributed by atoms with Gasteiger partial charge in [0.25, 0.3) is 0 Å². The molecule has 0 aliphatic heterocycles. The molecule has 0 atom stereocenters. The standard InChI is InChI=1S/C20H26N4O/c1-22(2)11-7-12-23(17-20-10-6-13-25-20)15-18-14-21-24(16-18)19-8-4-3-5-9-19/h3-6,8-10,13-14,16H,7,11-12,15,17H2,1-2H3. The molecule has 3 rings (SSSR count). The van der Waals surface area contributed by atoms with Crippen molar-refractivity contribution in [2.24, 2.45) is 0 Å². The molecule has 5 heteroatoms. The predicted octanol–water partition coefficient (Wildman–Crippen LogP) is 3.42. The Hall–Kier alpha value is -2.37. The highest BCUT2D eigenvalue weighted by atomic mass is 16.3. The summed E-state index contributed by atoms with van der Waals surface area (Å²) in [4.78, 5) is 4.63. The highest BCUT2D eigenvalue weighted by Crippen LogP contribution is 2.13. The Balaban J connectivity index is 1.65. The van der Waals surface area contributed by atoms with Gasteiger partial charge in [-0.2, -0.15) is 5.10 Å². The highest BCUT2D eigenvalue weighted by molar-refractivity contribution is 5.30. The molecule has 0 amide bonds. The van der Waals surface area contributed by atoms with Crippen molar-refractivity contribution in [3.05, 3.63) is 72.4 Å². The fourth-order valence-corrected chi connectivity index (χ4v) is 2.87. The van der Waals surface area contributed by atoms with Crippen molar-refractivity contribution in [2.75, 3.05) is 27.2 Å². The first-order chi connectivity index (χ1) is 12.2. The maximum atomic E-state index is 5.53. The number of hydrogen-bond acceptors (Lipinski definition) is 4. The van der Waals surface area contributed by atoms with E-state index in [1.54, 1.807) is 6.26 Å². The molecule has 0 bridgehead atoms. The van der Waals surface area contributed by atoms with Crippen molar-refractivity contribution < 1.29 is 4.42 Å². The number of furan rings is 1. The first-order valence-electron chi connectivity index (χ1n) is 8.69. The van der Waals surface area contributed by atoms with Gasteiger partial charge in [-0.15, -0.1) is 0 Å². The van der Waals surface area contributed by atoms with Crippen LogP contribution in [0.25, 0.3) is 5.69 Å². The topological polar surface area (TPSA) is 37.4 Å². The van der Waals surface area contributed by atoms with E-state index >= 15 is 0 Å². The number of para-hydroxylation sites is 1. The van der Waals surface area contributed by atoms with E-state index in [-0.39, 0.29) is 0 Å². The van der Waals surface area contributed by atoms with Gasteiger partial charge in [-0.25, -0.2) is 4.68 Å². The van der Waals surface area contributed by atoms with Crippen molar-refractivity contribution in [3.63, 3.8) is 0 Å². The van der Waals surface area contributed by atoms with E-state index in [0.29, 0.717) is 0 Å². The van der Waals surface area contributed by atoms with Gasteiger partial charge >= 0.3 is 0 Å². The zero-order valence-corrected chi connectivity index (χ0v) is 15.0. The summed E-state index contributed by atoms with van der Waals surface area (Å²) in [5.74, 6) is 1.00. The van der Waals surface area contributed by atoms with Crippen LogP contribution in [-0.2, 0) is 13.1 Å². The van der Waals surface area contributed by atoms with Gasteiger partial charge in [0.2, 0.25) is 0 Å². The van der Waals surface area contributed by atoms with E-state index in [9.17, 15) is 0 Å². The Morgan fingerprint density at radius 3 is 2.56 bits per heavy atom. The molecule has 0 radical (unpaired) electrons. The van der Waals surface area contributed by atoms with E-state index in [1.807, 2.05) is 41.2 Å². The SMILES string of the molecule is CN(C)CCCN(Cc1cnn(-c2ccccc2)c1)Cc1ccco1. The Morgan fingerprint density at radius 2 is 1.84 bits per heavy atom. The van der Waals surface area contributed by atoms with Crippen molar-refractivity contribution in [2.45, 2.75) is 19.5 Å². The highest BCUT2D eigenvalue weighted by Gasteiger charge is 2.11. The van der Waals surface area contributed by atoms with E-state index < -0.39 is 0 Å². The summed E-state index contributed by atoms with van der Waals surface area (Å²) in [5.41, 5.74) is 2.29. The maximum absolute atomic E-state index is 5.53. The third-order valence-corrected chi connectivity index (χ3v) is 4.10. The number of rotatable bonds is 9. The second kappa shape index (κ2) is 8.65. The van der Waals surface area contributed by atoms with Gasteiger partial charge < -0.3 is 9.32 Å². The minimum atomic E-state index is 0.816. The summed E-state index contributed by atoms with van der Waals surface area (Å²) in [6.45, 7) is 3.78. The molecule has 25 heavy (non-hydrogen) atoms. The van der Waals surface area contributed by atoms with E-state index in [0.717, 1.165) is 44.0 Å². The second-order valence-electron chi connectivity index (χ2n) is 6.58. The quantitative estimate of drug-likeness (QED) is 0.599. The van der Waals surface area contributed by atoms with Crippen LogP contribution in [0.3, 0.4) is 0 Å². The maximum Gasteiger partial charge on any atom is 0.117 e. The van der Waals surface area contributed by atoms with Crippen LogP contribution < -0.4 is 0 Å². The van der Waals surface area contributed by atoms with Crippen LogP contribution in [0.4, 0.5) is 0 Å². The molecule has 3 aromatic rings. The fraction of sp³-hybridized carbons (Fsp3) is 0.350. The zero-order chi connectivity index (χ0) is 17.5. The first kappa shape index (κ1) is 17.5. The zero-order valence-electron chi connectivity index (χ0n) is 15.0. The predicted molar refractivity (Wildman–Crippen MR) is 99.6 cm³/mol. The van der Waals surface area contributed by atoms with Gasteiger partial charge in [0, 0.05) is 24.8 Å². The Morgan fingerprint density at radius 1 is 1.00 bits per heavy atom. The number of benzene rings is 1. The molecule has 5 nitrogen and oxygen atoms in total. The van der Waals surface area contributed by atoms with E-state index in [4.69, 9.17) is 4.42 Å². The van der Waals surface area contributed by atoms with Gasteiger partial charge in [-0.3, -0.25) is 4.90 Å². The smallest absolute Gasteiger partial charge is 0.117 e. The monoisotopic (exact) mass is 338 g/mol. The average molecular weight is 338 g/mol. The molecular weight excluding hydrogens is 312 g/mol. The van der Waals surface area contributed by atoms with Crippen molar-refractivity contribution >= 4 is 0 Å². The van der Waals surface area contributed by atoms with Gasteiger partial charge in [0.05, 0.1) is 24.7 Å². The molecule has 0 fully saturated rings. The average Bonchev–Trinajstić information content (AvgIpc) is 3.27. The number of nitrogens with zero attached hydrogens (tertiary/aromatic N) is 4. The molecule has 132 valence electrons. The van der Waals surface area contributed by atoms with Gasteiger partial charge in [-0.1, -0.05) is 18.2 Å². The Kier molecular flexibility index (Phi) is 6.04. The van der Waals surface area contributed by atoms with Crippen LogP contribution in [0, 0.1) is 0 Å². The molecular formula is C20H26N4O. The minimum Gasteiger partial charge on any atom is -0.468 e. The lowest BCUT2D eigenvalue weighted by atomic mass is 10.2. The third-order valence-electron chi connectivity index (χ3n) is 4.10. The fourth-order valence-electron chi connectivity index (χ4n) is 2.87. The summed E-state index contributed by atoms with van der Waals surface area (Å²) < 4.78 is 7.46. The van der Waals surface area contributed by atoms with Crippen LogP contribution in [0.15, 0.2) is 65.5 Å². The lowest BCUT2D eigenvalue weighted by Crippen LogP contribution is -2.26. The van der Waals surface area contributed by atoms with Crippen LogP contribution in [0.5, 0.6) is 0 Å². The largest absolute Gasteiger partial charge is 0.468 e. The van der Waals surface area contributed by atoms with Crippen LogP contribution in [0.1, 0.15) is 17.7 Å². The van der Waals surface area contributed by atoms with Crippen LogP contribution >= 0.6 is 0 Å². The van der Waals surface area contributed by atoms with Gasteiger partial charge in [0.1, 0.15) is 5.76 Å². The summed E-state index contributed by atoms with van der Waals surface area (Å²) in [7, 11) is 4.22. The summed E-state index contributed by atoms with van der Waals surface area (Å²) in [5, 5.41) is 4.50. The van der Waals surface area contributed by atoms with Crippen LogP contribution in [-0.4, -0.2) is 46.8 Å². The van der Waals surface area contributed by atoms with E-state index in [1.165, 1.54) is 5.56 Å². The lowest BCUT2D eigenvalue weighted by Gasteiger charge is -2.21. The van der Waals surface area contributed by atoms with Crippen molar-refractivity contribution in [1.82, 2.24) is 19.6 Å². The minimum absolute atomic E-state index is 0.816. The molecule has 0 spiro atoms. The Labute approximate surface area is 149 Å². The third kappa shape index (κ3) is 5.31. The summed E-state index contributed by atoms with van der Waals surface area (Å²) in [6, 6.07) is 14.2. The van der Waals surface area contributed by atoms with Crippen molar-refractivity contribution in [3.8, 4) is 5.69 Å². The molecule has 0 unspecified atom stereocenters. The second-order valence-corrected chi connectivity index (χ2v) is 6.58. The van der Waals surface area contributed by atoms with Crippen LogP contribution in [0.2, 0.25) is 0 Å².